The minimum atomic E-state index is -0.348. The molecule has 1 aromatic carbocycles. The minimum absolute atomic E-state index is 0.346. The van der Waals surface area contributed by atoms with Gasteiger partial charge in [0.1, 0.15) is 5.82 Å². The molecule has 0 fully saturated rings. The summed E-state index contributed by atoms with van der Waals surface area (Å²) in [6, 6.07) is 4.26. The van der Waals surface area contributed by atoms with Gasteiger partial charge in [0.25, 0.3) is 0 Å². The summed E-state index contributed by atoms with van der Waals surface area (Å²) in [5, 5.41) is 3.47. The van der Waals surface area contributed by atoms with Crippen LogP contribution in [0.1, 0.15) is 19.0 Å². The van der Waals surface area contributed by atoms with Crippen molar-refractivity contribution < 1.29 is 4.39 Å². The van der Waals surface area contributed by atoms with Gasteiger partial charge in [0.05, 0.1) is 16.4 Å². The van der Waals surface area contributed by atoms with E-state index in [9.17, 15) is 4.39 Å². The number of nitrogens with zero attached hydrogens (tertiary/aromatic N) is 2. The van der Waals surface area contributed by atoms with Crippen molar-refractivity contribution in [3.63, 3.8) is 0 Å². The number of rotatable bonds is 4. The summed E-state index contributed by atoms with van der Waals surface area (Å²) < 4.78 is 15.0. The highest BCUT2D eigenvalue weighted by Gasteiger charge is 2.08. The van der Waals surface area contributed by atoms with E-state index in [1.807, 2.05) is 17.7 Å². The number of benzene rings is 1. The van der Waals surface area contributed by atoms with Crippen molar-refractivity contribution >= 4 is 23.2 Å². The van der Waals surface area contributed by atoms with Gasteiger partial charge in [0, 0.05) is 12.7 Å². The Balaban J connectivity index is 2.27. The van der Waals surface area contributed by atoms with Gasteiger partial charge in [-0.3, -0.25) is 0 Å². The van der Waals surface area contributed by atoms with Gasteiger partial charge in [-0.15, -0.1) is 0 Å². The number of hydrogen-bond acceptors (Lipinski definition) is 2. The molecule has 0 bridgehead atoms. The van der Waals surface area contributed by atoms with Gasteiger partial charge < -0.3 is 9.88 Å². The Kier molecular flexibility index (Phi) is 3.87. The number of nitrogens with one attached hydrogen (secondary N) is 1. The Hall–Kier alpha value is -1.55. The van der Waals surface area contributed by atoms with Gasteiger partial charge in [-0.1, -0.05) is 18.5 Å². The summed E-state index contributed by atoms with van der Waals surface area (Å²) >= 11 is 5.98. The number of aromatic nitrogens is 2. The van der Waals surface area contributed by atoms with Gasteiger partial charge >= 0.3 is 0 Å². The fourth-order valence-corrected chi connectivity index (χ4v) is 1.98. The maximum absolute atomic E-state index is 13.0. The Morgan fingerprint density at radius 1 is 1.44 bits per heavy atom. The fourth-order valence-electron chi connectivity index (χ4n) is 1.77. The monoisotopic (exact) mass is 267 g/mol. The summed E-state index contributed by atoms with van der Waals surface area (Å²) in [6.45, 7) is 4.91. The van der Waals surface area contributed by atoms with E-state index >= 15 is 0 Å². The van der Waals surface area contributed by atoms with Crippen molar-refractivity contribution in [3.05, 3.63) is 40.9 Å². The van der Waals surface area contributed by atoms with Crippen LogP contribution in [0.15, 0.2) is 24.4 Å². The second kappa shape index (κ2) is 5.40. The maximum Gasteiger partial charge on any atom is 0.207 e. The molecule has 0 spiro atoms. The molecule has 5 heteroatoms. The number of hydrogen-bond donors (Lipinski definition) is 1. The van der Waals surface area contributed by atoms with Crippen molar-refractivity contribution in [3.8, 4) is 0 Å². The molecule has 0 unspecified atom stereocenters. The van der Waals surface area contributed by atoms with Gasteiger partial charge in [-0.25, -0.2) is 9.37 Å². The fraction of sp³-hybridized carbons (Fsp3) is 0.308. The van der Waals surface area contributed by atoms with Crippen LogP contribution in [0.2, 0.25) is 5.02 Å². The Labute approximate surface area is 111 Å². The first-order valence-electron chi connectivity index (χ1n) is 5.86. The first-order chi connectivity index (χ1) is 8.60. The van der Waals surface area contributed by atoms with Crippen molar-refractivity contribution in [1.82, 2.24) is 9.55 Å². The van der Waals surface area contributed by atoms with Gasteiger partial charge in [-0.2, -0.15) is 0 Å². The van der Waals surface area contributed by atoms with E-state index in [2.05, 4.69) is 17.2 Å². The second-order valence-electron chi connectivity index (χ2n) is 4.15. The minimum Gasteiger partial charge on any atom is -0.324 e. The summed E-state index contributed by atoms with van der Waals surface area (Å²) in [7, 11) is 0. The van der Waals surface area contributed by atoms with Gasteiger partial charge in [0.2, 0.25) is 5.95 Å². The number of anilines is 2. The van der Waals surface area contributed by atoms with Crippen LogP contribution in [0.5, 0.6) is 0 Å². The van der Waals surface area contributed by atoms with Crippen molar-refractivity contribution in [2.24, 2.45) is 0 Å². The van der Waals surface area contributed by atoms with Gasteiger partial charge in [0.15, 0.2) is 0 Å². The highest BCUT2D eigenvalue weighted by atomic mass is 35.5. The molecule has 2 rings (SSSR count). The van der Waals surface area contributed by atoms with E-state index in [1.165, 1.54) is 12.1 Å². The molecule has 0 radical (unpaired) electrons. The first-order valence-corrected chi connectivity index (χ1v) is 6.23. The highest BCUT2D eigenvalue weighted by Crippen LogP contribution is 2.25. The lowest BCUT2D eigenvalue weighted by Crippen LogP contribution is -2.03. The quantitative estimate of drug-likeness (QED) is 0.902. The van der Waals surface area contributed by atoms with Crippen LogP contribution in [0.4, 0.5) is 16.0 Å². The third-order valence-corrected chi connectivity index (χ3v) is 2.85. The topological polar surface area (TPSA) is 29.9 Å². The van der Waals surface area contributed by atoms with Crippen LogP contribution in [0, 0.1) is 12.7 Å². The Morgan fingerprint density at radius 2 is 2.22 bits per heavy atom. The van der Waals surface area contributed by atoms with Crippen molar-refractivity contribution in [2.45, 2.75) is 26.8 Å². The summed E-state index contributed by atoms with van der Waals surface area (Å²) in [5.74, 6) is 0.376. The zero-order chi connectivity index (χ0) is 13.1. The predicted octanol–water partition coefficient (Wildman–Crippen LogP) is 4.14. The van der Waals surface area contributed by atoms with E-state index < -0.39 is 0 Å². The molecule has 18 heavy (non-hydrogen) atoms. The van der Waals surface area contributed by atoms with Gasteiger partial charge in [-0.05, 0) is 31.5 Å². The van der Waals surface area contributed by atoms with E-state index in [4.69, 9.17) is 11.6 Å². The van der Waals surface area contributed by atoms with E-state index in [1.54, 1.807) is 6.07 Å². The highest BCUT2D eigenvalue weighted by molar-refractivity contribution is 6.33. The Bertz CT molecular complexity index is 551. The second-order valence-corrected chi connectivity index (χ2v) is 4.56. The van der Waals surface area contributed by atoms with Crippen LogP contribution in [0.25, 0.3) is 0 Å². The molecule has 0 aliphatic rings. The molecule has 0 aliphatic carbocycles. The van der Waals surface area contributed by atoms with Crippen LogP contribution in [0.3, 0.4) is 0 Å². The lowest BCUT2D eigenvalue weighted by atomic mass is 10.3. The first kappa shape index (κ1) is 12.9. The molecule has 0 saturated heterocycles. The molecule has 96 valence electrons. The van der Waals surface area contributed by atoms with E-state index in [-0.39, 0.29) is 5.82 Å². The van der Waals surface area contributed by atoms with Crippen molar-refractivity contribution in [1.29, 1.82) is 0 Å². The lowest BCUT2D eigenvalue weighted by molar-refractivity contribution is 0.628. The average molecular weight is 268 g/mol. The van der Waals surface area contributed by atoms with Crippen LogP contribution >= 0.6 is 11.6 Å². The molecule has 3 nitrogen and oxygen atoms in total. The molecular weight excluding hydrogens is 253 g/mol. The number of imidazole rings is 1. The average Bonchev–Trinajstić information content (AvgIpc) is 2.64. The molecule has 0 saturated carbocycles. The van der Waals surface area contributed by atoms with E-state index in [0.717, 1.165) is 24.6 Å². The zero-order valence-corrected chi connectivity index (χ0v) is 11.1. The Morgan fingerprint density at radius 3 is 2.89 bits per heavy atom. The lowest BCUT2D eigenvalue weighted by Gasteiger charge is -2.10. The summed E-state index contributed by atoms with van der Waals surface area (Å²) in [5.41, 5.74) is 1.59. The zero-order valence-electron chi connectivity index (χ0n) is 10.4. The summed E-state index contributed by atoms with van der Waals surface area (Å²) in [4.78, 5) is 4.39. The van der Waals surface area contributed by atoms with Crippen LogP contribution in [-0.2, 0) is 6.54 Å². The molecule has 0 atom stereocenters. The largest absolute Gasteiger partial charge is 0.324 e. The normalized spacial score (nSPS) is 10.7. The van der Waals surface area contributed by atoms with Crippen LogP contribution in [-0.4, -0.2) is 9.55 Å². The maximum atomic E-state index is 13.0. The molecule has 0 amide bonds. The van der Waals surface area contributed by atoms with Crippen LogP contribution < -0.4 is 5.32 Å². The number of aryl methyl sites for hydroxylation is 2. The standard InChI is InChI=1S/C13H15ClFN3/c1-3-6-18-8-9(2)16-13(18)17-12-5-4-10(15)7-11(12)14/h4-5,7-8H,3,6H2,1-2H3,(H,16,17). The molecule has 2 aromatic rings. The molecule has 1 heterocycles. The summed E-state index contributed by atoms with van der Waals surface area (Å²) in [6.07, 6.45) is 2.99. The third kappa shape index (κ3) is 2.82. The molecule has 1 N–H and O–H groups in total. The van der Waals surface area contributed by atoms with E-state index in [0.29, 0.717) is 10.7 Å². The number of halogens is 2. The van der Waals surface area contributed by atoms with Crippen molar-refractivity contribution in [2.75, 3.05) is 5.32 Å². The SMILES string of the molecule is CCCn1cc(C)nc1Nc1ccc(F)cc1Cl. The third-order valence-electron chi connectivity index (χ3n) is 2.54. The predicted molar refractivity (Wildman–Crippen MR) is 71.9 cm³/mol. The molecule has 0 aliphatic heterocycles. The smallest absolute Gasteiger partial charge is 0.207 e. The molecule has 1 aromatic heterocycles. The molecular formula is C13H15ClFN3.